The molecule has 2 amide bonds. The molecule has 0 aliphatic rings. The van der Waals surface area contributed by atoms with Crippen molar-refractivity contribution in [3.8, 4) is 0 Å². The zero-order chi connectivity index (χ0) is 25.8. The Bertz CT molecular complexity index is 1630. The maximum atomic E-state index is 14.3. The number of amides is 2. The molecule has 0 aliphatic heterocycles. The van der Waals surface area contributed by atoms with Crippen molar-refractivity contribution in [1.29, 1.82) is 0 Å². The van der Waals surface area contributed by atoms with Crippen LogP contribution in [0.25, 0.3) is 27.9 Å². The lowest BCUT2D eigenvalue weighted by Crippen LogP contribution is -2.36. The number of hydrogen-bond acceptors (Lipinski definition) is 2. The van der Waals surface area contributed by atoms with Gasteiger partial charge in [0.2, 0.25) is 0 Å². The minimum atomic E-state index is -0.685. The minimum absolute atomic E-state index is 0.0474. The fraction of sp³-hybridized carbons (Fsp3) is 0.133. The van der Waals surface area contributed by atoms with Crippen LogP contribution >= 0.6 is 0 Å². The Hall–Kier alpha value is -4.65. The van der Waals surface area contributed by atoms with Crippen molar-refractivity contribution in [2.24, 2.45) is 0 Å². The van der Waals surface area contributed by atoms with Crippen molar-refractivity contribution in [3.05, 3.63) is 113 Å². The van der Waals surface area contributed by atoms with Gasteiger partial charge in [0.05, 0.1) is 5.56 Å². The van der Waals surface area contributed by atoms with Crippen LogP contribution in [0, 0.1) is 5.82 Å². The summed E-state index contributed by atoms with van der Waals surface area (Å²) in [6.07, 6.45) is 6.14. The molecule has 0 fully saturated rings. The summed E-state index contributed by atoms with van der Waals surface area (Å²) in [6.45, 7) is 3.16. The van der Waals surface area contributed by atoms with E-state index < -0.39 is 17.6 Å². The van der Waals surface area contributed by atoms with E-state index in [1.165, 1.54) is 18.2 Å². The number of H-pyrrole nitrogens is 1. The summed E-state index contributed by atoms with van der Waals surface area (Å²) < 4.78 is 16.4. The lowest BCUT2D eigenvalue weighted by atomic mass is 10.1. The Labute approximate surface area is 213 Å². The molecule has 5 rings (SSSR count). The molecule has 2 aromatic heterocycles. The molecule has 5 aromatic rings. The van der Waals surface area contributed by atoms with Crippen LogP contribution in [-0.4, -0.2) is 27.9 Å². The van der Waals surface area contributed by atoms with Gasteiger partial charge in [-0.15, -0.1) is 0 Å². The van der Waals surface area contributed by atoms with Crippen molar-refractivity contribution >= 4 is 39.7 Å². The maximum absolute atomic E-state index is 14.3. The quantitative estimate of drug-likeness (QED) is 0.252. The molecular weight excluding hydrogens is 467 g/mol. The van der Waals surface area contributed by atoms with Crippen molar-refractivity contribution in [2.75, 3.05) is 6.54 Å². The number of rotatable bonds is 8. The number of aromatic nitrogens is 2. The van der Waals surface area contributed by atoms with Crippen LogP contribution in [-0.2, 0) is 17.8 Å². The molecule has 0 bridgehead atoms. The van der Waals surface area contributed by atoms with Crippen molar-refractivity contribution < 1.29 is 14.0 Å². The first kappa shape index (κ1) is 24.1. The smallest absolute Gasteiger partial charge is 0.267 e. The van der Waals surface area contributed by atoms with E-state index in [0.29, 0.717) is 13.0 Å². The van der Waals surface area contributed by atoms with Gasteiger partial charge in [0.1, 0.15) is 11.5 Å². The van der Waals surface area contributed by atoms with E-state index in [0.717, 1.165) is 39.5 Å². The average Bonchev–Trinajstić information content (AvgIpc) is 3.50. The summed E-state index contributed by atoms with van der Waals surface area (Å²) in [5.41, 5.74) is 3.85. The largest absolute Gasteiger partial charge is 0.361 e. The second-order valence-electron chi connectivity index (χ2n) is 8.74. The monoisotopic (exact) mass is 494 g/mol. The minimum Gasteiger partial charge on any atom is -0.361 e. The molecule has 0 saturated heterocycles. The lowest BCUT2D eigenvalue weighted by Gasteiger charge is -2.11. The molecule has 37 heavy (non-hydrogen) atoms. The summed E-state index contributed by atoms with van der Waals surface area (Å²) in [4.78, 5) is 29.5. The molecule has 0 aliphatic carbocycles. The molecule has 186 valence electrons. The SMILES string of the molecule is CCn1cc(/C=C(\NC(=O)c2ccccc2F)C(=O)NCCc2c[nH]c3ccccc23)c2ccccc21. The highest BCUT2D eigenvalue weighted by molar-refractivity contribution is 6.06. The molecule has 3 N–H and O–H groups in total. The number of halogens is 1. The predicted octanol–water partition coefficient (Wildman–Crippen LogP) is 5.41. The number of carbonyl (C=O) groups is 2. The zero-order valence-electron chi connectivity index (χ0n) is 20.4. The number of carbonyl (C=O) groups excluding carboxylic acids is 2. The normalized spacial score (nSPS) is 11.7. The topological polar surface area (TPSA) is 78.9 Å². The highest BCUT2D eigenvalue weighted by Crippen LogP contribution is 2.24. The first-order chi connectivity index (χ1) is 18.0. The van der Waals surface area contributed by atoms with Crippen molar-refractivity contribution in [3.63, 3.8) is 0 Å². The van der Waals surface area contributed by atoms with Gasteiger partial charge in [-0.05, 0) is 49.2 Å². The fourth-order valence-electron chi connectivity index (χ4n) is 4.55. The zero-order valence-corrected chi connectivity index (χ0v) is 20.4. The number of fused-ring (bicyclic) bond motifs is 2. The lowest BCUT2D eigenvalue weighted by molar-refractivity contribution is -0.117. The van der Waals surface area contributed by atoms with E-state index in [2.05, 4.69) is 20.2 Å². The molecule has 2 heterocycles. The highest BCUT2D eigenvalue weighted by atomic mass is 19.1. The highest BCUT2D eigenvalue weighted by Gasteiger charge is 2.18. The Kier molecular flexibility index (Phi) is 6.85. The van der Waals surface area contributed by atoms with Crippen LogP contribution < -0.4 is 10.6 Å². The molecule has 3 aromatic carbocycles. The molecule has 0 radical (unpaired) electrons. The van der Waals surface area contributed by atoms with E-state index >= 15 is 0 Å². The first-order valence-electron chi connectivity index (χ1n) is 12.2. The summed E-state index contributed by atoms with van der Waals surface area (Å²) in [5, 5.41) is 7.61. The molecule has 7 heteroatoms. The van der Waals surface area contributed by atoms with Crippen LogP contribution in [0.3, 0.4) is 0 Å². The van der Waals surface area contributed by atoms with Gasteiger partial charge in [0.15, 0.2) is 0 Å². The number of nitrogens with zero attached hydrogens (tertiary/aromatic N) is 1. The second kappa shape index (κ2) is 10.5. The molecule has 6 nitrogen and oxygen atoms in total. The number of aryl methyl sites for hydroxylation is 1. The number of nitrogens with one attached hydrogen (secondary N) is 3. The second-order valence-corrected chi connectivity index (χ2v) is 8.74. The van der Waals surface area contributed by atoms with Crippen LogP contribution in [0.1, 0.15) is 28.4 Å². The third-order valence-corrected chi connectivity index (χ3v) is 6.43. The van der Waals surface area contributed by atoms with Crippen molar-refractivity contribution in [1.82, 2.24) is 20.2 Å². The van der Waals surface area contributed by atoms with Crippen LogP contribution in [0.5, 0.6) is 0 Å². The van der Waals surface area contributed by atoms with E-state index in [9.17, 15) is 14.0 Å². The van der Waals surface area contributed by atoms with Gasteiger partial charge in [-0.1, -0.05) is 48.5 Å². The Morgan fingerprint density at radius 1 is 0.973 bits per heavy atom. The Balaban J connectivity index is 1.42. The number of para-hydroxylation sites is 2. The standard InChI is InChI=1S/C30H27FN4O2/c1-2-35-19-21(23-10-5-8-14-28(23)35)17-27(34-29(36)24-11-3-6-12-25(24)31)30(37)32-16-15-20-18-33-26-13-7-4-9-22(20)26/h3-14,17-19,33H,2,15-16H2,1H3,(H,32,37)(H,34,36)/b27-17-. The van der Waals surface area contributed by atoms with Crippen molar-refractivity contribution in [2.45, 2.75) is 19.9 Å². The number of hydrogen-bond donors (Lipinski definition) is 3. The summed E-state index contributed by atoms with van der Waals surface area (Å²) in [6, 6.07) is 21.5. The summed E-state index contributed by atoms with van der Waals surface area (Å²) in [7, 11) is 0. The first-order valence-corrected chi connectivity index (χ1v) is 12.2. The molecule has 0 atom stereocenters. The predicted molar refractivity (Wildman–Crippen MR) is 144 cm³/mol. The third kappa shape index (κ3) is 5.02. The van der Waals surface area contributed by atoms with Gasteiger partial charge >= 0.3 is 0 Å². The van der Waals surface area contributed by atoms with Gasteiger partial charge in [-0.3, -0.25) is 9.59 Å². The average molecular weight is 495 g/mol. The van der Waals surface area contributed by atoms with Crippen LogP contribution in [0.2, 0.25) is 0 Å². The van der Waals surface area contributed by atoms with Gasteiger partial charge in [-0.2, -0.15) is 0 Å². The van der Waals surface area contributed by atoms with E-state index in [-0.39, 0.29) is 11.3 Å². The summed E-state index contributed by atoms with van der Waals surface area (Å²) in [5.74, 6) is -1.78. The maximum Gasteiger partial charge on any atom is 0.267 e. The molecule has 0 saturated carbocycles. The van der Waals surface area contributed by atoms with E-state index in [4.69, 9.17) is 0 Å². The molecule has 0 spiro atoms. The summed E-state index contributed by atoms with van der Waals surface area (Å²) >= 11 is 0. The Morgan fingerprint density at radius 3 is 2.51 bits per heavy atom. The third-order valence-electron chi connectivity index (χ3n) is 6.43. The molecular formula is C30H27FN4O2. The number of aromatic amines is 1. The number of benzene rings is 3. The van der Waals surface area contributed by atoms with Crippen LogP contribution in [0.15, 0.2) is 90.9 Å². The van der Waals surface area contributed by atoms with Gasteiger partial charge in [0, 0.05) is 52.9 Å². The Morgan fingerprint density at radius 2 is 1.70 bits per heavy atom. The van der Waals surface area contributed by atoms with E-state index in [1.54, 1.807) is 12.1 Å². The van der Waals surface area contributed by atoms with Gasteiger partial charge < -0.3 is 20.2 Å². The fourth-order valence-corrected chi connectivity index (χ4v) is 4.55. The van der Waals surface area contributed by atoms with Crippen LogP contribution in [0.4, 0.5) is 4.39 Å². The molecule has 0 unspecified atom stereocenters. The van der Waals surface area contributed by atoms with Gasteiger partial charge in [0.25, 0.3) is 11.8 Å². The van der Waals surface area contributed by atoms with E-state index in [1.807, 2.05) is 67.8 Å². The van der Waals surface area contributed by atoms with Gasteiger partial charge in [-0.25, -0.2) is 4.39 Å².